The monoisotopic (exact) mass is 176 g/mol. The summed E-state index contributed by atoms with van der Waals surface area (Å²) in [6, 6.07) is 10.3. The lowest BCUT2D eigenvalue weighted by Gasteiger charge is -2.04. The molecule has 0 spiro atoms. The highest BCUT2D eigenvalue weighted by atomic mass is 14.9. The molecule has 1 aromatic rings. The summed E-state index contributed by atoms with van der Waals surface area (Å²) < 4.78 is 0. The number of unbranched alkanes of at least 4 members (excludes halogenated alkanes) is 3. The van der Waals surface area contributed by atoms with Gasteiger partial charge in [0.25, 0.3) is 0 Å². The second-order valence-corrected chi connectivity index (χ2v) is 3.21. The second kappa shape index (κ2) is 6.53. The molecule has 0 heterocycles. The number of para-hydroxylation sites is 1. The minimum absolute atomic E-state index is 1.16. The Morgan fingerprint density at radius 3 is 2.62 bits per heavy atom. The molecule has 0 unspecified atom stereocenters. The van der Waals surface area contributed by atoms with E-state index in [2.05, 4.69) is 30.9 Å². The molecule has 1 radical (unpaired) electrons. The fourth-order valence-corrected chi connectivity index (χ4v) is 1.22. The lowest BCUT2D eigenvalue weighted by molar-refractivity contribution is 0.712. The van der Waals surface area contributed by atoms with E-state index in [4.69, 9.17) is 0 Å². The fraction of sp³-hybridized carbons (Fsp3) is 0.417. The average Bonchev–Trinajstić information content (AvgIpc) is 2.19. The largest absolute Gasteiger partial charge is 0.380 e. The summed E-state index contributed by atoms with van der Waals surface area (Å²) in [6.07, 6.45) is 5.06. The van der Waals surface area contributed by atoms with Crippen LogP contribution in [0.3, 0.4) is 0 Å². The van der Waals surface area contributed by atoms with Gasteiger partial charge >= 0.3 is 0 Å². The lowest BCUT2D eigenvalue weighted by atomic mass is 10.2. The molecule has 0 saturated carbocycles. The molecule has 1 heteroatoms. The van der Waals surface area contributed by atoms with E-state index in [0.29, 0.717) is 0 Å². The summed E-state index contributed by atoms with van der Waals surface area (Å²) in [7, 11) is 0. The van der Waals surface area contributed by atoms with Crippen molar-refractivity contribution in [2.75, 3.05) is 5.32 Å². The van der Waals surface area contributed by atoms with Crippen molar-refractivity contribution < 1.29 is 0 Å². The third kappa shape index (κ3) is 4.56. The third-order valence-electron chi connectivity index (χ3n) is 1.99. The molecule has 0 fully saturated rings. The van der Waals surface area contributed by atoms with Gasteiger partial charge in [-0.2, -0.15) is 0 Å². The molecule has 13 heavy (non-hydrogen) atoms. The molecule has 1 rings (SSSR count). The van der Waals surface area contributed by atoms with Crippen LogP contribution in [0.15, 0.2) is 30.3 Å². The van der Waals surface area contributed by atoms with Crippen LogP contribution >= 0.6 is 0 Å². The molecule has 1 aromatic carbocycles. The summed E-state index contributed by atoms with van der Waals surface area (Å²) in [6.45, 7) is 4.37. The number of benzene rings is 1. The highest BCUT2D eigenvalue weighted by Crippen LogP contribution is 2.08. The Bertz CT molecular complexity index is 206. The molecule has 0 aliphatic heterocycles. The number of nitrogens with one attached hydrogen (secondary N) is 1. The van der Waals surface area contributed by atoms with Crippen molar-refractivity contribution in [1.82, 2.24) is 0 Å². The molecule has 0 bridgehead atoms. The molecular formula is C12H18N. The molecule has 0 aliphatic carbocycles. The standard InChI is InChI=1S/C12H18N/c1-2-3-4-8-11-13-12-9-6-5-7-10-12/h5-7,9-11,13H,2-4,8H2,1H3. The Balaban J connectivity index is 2.07. The molecular weight excluding hydrogens is 158 g/mol. The number of hydrogen-bond donors (Lipinski definition) is 1. The van der Waals surface area contributed by atoms with Gasteiger partial charge in [-0.05, 0) is 18.6 Å². The number of anilines is 1. The van der Waals surface area contributed by atoms with E-state index in [-0.39, 0.29) is 0 Å². The summed E-state index contributed by atoms with van der Waals surface area (Å²) in [5, 5.41) is 3.28. The van der Waals surface area contributed by atoms with E-state index in [1.807, 2.05) is 18.2 Å². The van der Waals surface area contributed by atoms with Crippen LogP contribution in [0, 0.1) is 6.54 Å². The first-order chi connectivity index (χ1) is 6.43. The van der Waals surface area contributed by atoms with Crippen molar-refractivity contribution in [3.8, 4) is 0 Å². The maximum Gasteiger partial charge on any atom is 0.0462 e. The van der Waals surface area contributed by atoms with Gasteiger partial charge in [0, 0.05) is 12.2 Å². The molecule has 0 saturated heterocycles. The highest BCUT2D eigenvalue weighted by molar-refractivity contribution is 5.43. The molecule has 1 nitrogen and oxygen atoms in total. The van der Waals surface area contributed by atoms with Crippen molar-refractivity contribution in [1.29, 1.82) is 0 Å². The summed E-state index contributed by atoms with van der Waals surface area (Å²) >= 11 is 0. The van der Waals surface area contributed by atoms with Gasteiger partial charge in [0.1, 0.15) is 0 Å². The van der Waals surface area contributed by atoms with E-state index >= 15 is 0 Å². The van der Waals surface area contributed by atoms with Crippen molar-refractivity contribution in [2.24, 2.45) is 0 Å². The Morgan fingerprint density at radius 1 is 1.15 bits per heavy atom. The number of rotatable bonds is 6. The van der Waals surface area contributed by atoms with Gasteiger partial charge in [-0.3, -0.25) is 0 Å². The molecule has 0 aliphatic rings. The fourth-order valence-electron chi connectivity index (χ4n) is 1.22. The van der Waals surface area contributed by atoms with Crippen LogP contribution in [0.5, 0.6) is 0 Å². The van der Waals surface area contributed by atoms with Gasteiger partial charge in [0.05, 0.1) is 0 Å². The average molecular weight is 176 g/mol. The van der Waals surface area contributed by atoms with Gasteiger partial charge in [-0.1, -0.05) is 44.4 Å². The number of hydrogen-bond acceptors (Lipinski definition) is 1. The predicted octanol–water partition coefficient (Wildman–Crippen LogP) is 3.84. The van der Waals surface area contributed by atoms with E-state index in [1.165, 1.54) is 24.9 Å². The topological polar surface area (TPSA) is 12.0 Å². The Morgan fingerprint density at radius 2 is 1.92 bits per heavy atom. The van der Waals surface area contributed by atoms with Gasteiger partial charge in [-0.25, -0.2) is 0 Å². The maximum atomic E-state index is 3.28. The minimum atomic E-state index is 1.16. The zero-order valence-corrected chi connectivity index (χ0v) is 8.29. The van der Waals surface area contributed by atoms with Crippen LogP contribution in [0.4, 0.5) is 5.69 Å². The van der Waals surface area contributed by atoms with Crippen molar-refractivity contribution in [2.45, 2.75) is 32.6 Å². The van der Waals surface area contributed by atoms with Gasteiger partial charge < -0.3 is 5.32 Å². The summed E-state index contributed by atoms with van der Waals surface area (Å²) in [5.41, 5.74) is 1.18. The maximum absolute atomic E-state index is 3.28. The first-order valence-electron chi connectivity index (χ1n) is 5.06. The molecule has 0 atom stereocenters. The summed E-state index contributed by atoms with van der Waals surface area (Å²) in [5.74, 6) is 0. The lowest BCUT2D eigenvalue weighted by Crippen LogP contribution is -1.93. The Kier molecular flexibility index (Phi) is 5.07. The van der Waals surface area contributed by atoms with Gasteiger partial charge in [0.2, 0.25) is 0 Å². The predicted molar refractivity (Wildman–Crippen MR) is 58.5 cm³/mol. The highest BCUT2D eigenvalue weighted by Gasteiger charge is 1.89. The first-order valence-corrected chi connectivity index (χ1v) is 5.06. The first kappa shape index (κ1) is 10.1. The molecule has 0 amide bonds. The van der Waals surface area contributed by atoms with Crippen LogP contribution in [0.1, 0.15) is 32.6 Å². The van der Waals surface area contributed by atoms with E-state index in [1.54, 1.807) is 0 Å². The molecule has 71 valence electrons. The van der Waals surface area contributed by atoms with Crippen LogP contribution < -0.4 is 5.32 Å². The quantitative estimate of drug-likeness (QED) is 0.649. The van der Waals surface area contributed by atoms with E-state index in [9.17, 15) is 0 Å². The molecule has 1 N–H and O–H groups in total. The minimum Gasteiger partial charge on any atom is -0.380 e. The van der Waals surface area contributed by atoms with Crippen LogP contribution in [0.25, 0.3) is 0 Å². The third-order valence-corrected chi connectivity index (χ3v) is 1.99. The second-order valence-electron chi connectivity index (χ2n) is 3.21. The summed E-state index contributed by atoms with van der Waals surface area (Å²) in [4.78, 5) is 0. The van der Waals surface area contributed by atoms with Crippen molar-refractivity contribution >= 4 is 5.69 Å². The smallest absolute Gasteiger partial charge is 0.0462 e. The van der Waals surface area contributed by atoms with E-state index in [0.717, 1.165) is 6.42 Å². The Labute approximate surface area is 81.2 Å². The zero-order valence-electron chi connectivity index (χ0n) is 8.29. The van der Waals surface area contributed by atoms with Crippen molar-refractivity contribution in [3.63, 3.8) is 0 Å². The van der Waals surface area contributed by atoms with Gasteiger partial charge in [0.15, 0.2) is 0 Å². The molecule has 0 aromatic heterocycles. The SMILES string of the molecule is CCCCC[CH]Nc1ccccc1. The Hall–Kier alpha value is -0.980. The van der Waals surface area contributed by atoms with Crippen LogP contribution in [-0.4, -0.2) is 0 Å². The van der Waals surface area contributed by atoms with Crippen LogP contribution in [0.2, 0.25) is 0 Å². The van der Waals surface area contributed by atoms with Gasteiger partial charge in [-0.15, -0.1) is 0 Å². The van der Waals surface area contributed by atoms with Crippen molar-refractivity contribution in [3.05, 3.63) is 36.9 Å². The zero-order chi connectivity index (χ0) is 9.36. The van der Waals surface area contributed by atoms with E-state index < -0.39 is 0 Å². The normalized spacial score (nSPS) is 9.92. The van der Waals surface area contributed by atoms with Crippen LogP contribution in [-0.2, 0) is 0 Å².